The van der Waals surface area contributed by atoms with Gasteiger partial charge in [-0.2, -0.15) is 0 Å². The lowest BCUT2D eigenvalue weighted by atomic mass is 9.55. The zero-order chi connectivity index (χ0) is 19.6. The maximum Gasteiger partial charge on any atom is 0.119 e. The van der Waals surface area contributed by atoms with E-state index in [0.717, 1.165) is 29.5 Å². The summed E-state index contributed by atoms with van der Waals surface area (Å²) in [6.07, 6.45) is 15.2. The topological polar surface area (TPSA) is 21.3 Å². The van der Waals surface area contributed by atoms with Gasteiger partial charge in [-0.15, -0.1) is 0 Å². The van der Waals surface area contributed by atoms with E-state index < -0.39 is 0 Å². The summed E-state index contributed by atoms with van der Waals surface area (Å²) in [5.41, 5.74) is 3.73. The summed E-state index contributed by atoms with van der Waals surface area (Å²) >= 11 is 0. The largest absolute Gasteiger partial charge is 0.497 e. The van der Waals surface area contributed by atoms with Crippen LogP contribution >= 0.6 is 0 Å². The van der Waals surface area contributed by atoms with Crippen molar-refractivity contribution in [2.75, 3.05) is 13.7 Å². The first-order valence-electron chi connectivity index (χ1n) is 12.1. The van der Waals surface area contributed by atoms with Gasteiger partial charge in [-0.05, 0) is 97.9 Å². The van der Waals surface area contributed by atoms with E-state index in [2.05, 4.69) is 37.4 Å². The Morgan fingerprint density at radius 2 is 1.93 bits per heavy atom. The number of methoxy groups -OCH3 is 1. The van der Waals surface area contributed by atoms with Gasteiger partial charge in [0.15, 0.2) is 0 Å². The van der Waals surface area contributed by atoms with Gasteiger partial charge in [-0.3, -0.25) is 0 Å². The molecule has 0 aliphatic heterocycles. The first-order chi connectivity index (χ1) is 13.7. The number of ether oxygens (including phenoxy) is 1. The van der Waals surface area contributed by atoms with Crippen molar-refractivity contribution in [2.24, 2.45) is 17.3 Å². The normalized spacial score (nSPS) is 33.8. The van der Waals surface area contributed by atoms with Crippen LogP contribution in [0.15, 0.2) is 18.2 Å². The van der Waals surface area contributed by atoms with Gasteiger partial charge in [0.25, 0.3) is 0 Å². The maximum absolute atomic E-state index is 5.48. The van der Waals surface area contributed by atoms with Gasteiger partial charge in [-0.1, -0.05) is 45.6 Å². The second-order valence-electron chi connectivity index (χ2n) is 10.0. The third-order valence-electron chi connectivity index (χ3n) is 8.60. The fourth-order valence-corrected chi connectivity index (χ4v) is 7.03. The molecule has 0 saturated heterocycles. The fourth-order valence-electron chi connectivity index (χ4n) is 7.03. The molecule has 4 rings (SSSR count). The van der Waals surface area contributed by atoms with Gasteiger partial charge in [-0.25, -0.2) is 0 Å². The van der Waals surface area contributed by atoms with Crippen LogP contribution in [0.3, 0.4) is 0 Å². The van der Waals surface area contributed by atoms with E-state index in [0.29, 0.717) is 5.41 Å². The minimum atomic E-state index is 0.522. The van der Waals surface area contributed by atoms with Crippen molar-refractivity contribution in [1.29, 1.82) is 0 Å². The number of fused-ring (bicyclic) bond motifs is 5. The van der Waals surface area contributed by atoms with Crippen LogP contribution in [0.4, 0.5) is 0 Å². The molecular weight excluding hydrogens is 342 g/mol. The number of benzene rings is 1. The lowest BCUT2D eigenvalue weighted by Gasteiger charge is -2.51. The second kappa shape index (κ2) is 8.78. The summed E-state index contributed by atoms with van der Waals surface area (Å²) < 4.78 is 5.48. The summed E-state index contributed by atoms with van der Waals surface area (Å²) in [5.74, 6) is 3.64. The fraction of sp³-hybridized carbons (Fsp3) is 0.769. The molecule has 2 saturated carbocycles. The van der Waals surface area contributed by atoms with Crippen LogP contribution in [0.25, 0.3) is 0 Å². The van der Waals surface area contributed by atoms with E-state index >= 15 is 0 Å². The lowest BCUT2D eigenvalue weighted by molar-refractivity contribution is 0.0412. The number of hydrogen-bond acceptors (Lipinski definition) is 2. The molecule has 1 aromatic rings. The highest BCUT2D eigenvalue weighted by Gasteiger charge is 2.54. The van der Waals surface area contributed by atoms with Crippen LogP contribution in [-0.2, 0) is 6.42 Å². The lowest BCUT2D eigenvalue weighted by Crippen LogP contribution is -2.48. The van der Waals surface area contributed by atoms with Crippen molar-refractivity contribution in [3.05, 3.63) is 29.3 Å². The monoisotopic (exact) mass is 383 g/mol. The summed E-state index contributed by atoms with van der Waals surface area (Å²) in [6.45, 7) is 6.15. The van der Waals surface area contributed by atoms with Crippen LogP contribution in [0.2, 0.25) is 0 Å². The summed E-state index contributed by atoms with van der Waals surface area (Å²) in [5, 5.41) is 4.01. The Morgan fingerprint density at radius 3 is 2.75 bits per heavy atom. The Bertz CT molecular complexity index is 656. The standard InChI is InChI=1S/C26H41NO/c1-4-5-6-7-8-17-27-25-14-13-24-23-11-9-19-18-20(28-3)10-12-21(19)22(23)15-16-26(24,25)2/h10,12,18,22-25,27H,4-9,11,13-17H2,1-3H3/t22-,23-,24+,25+,26+/m1/s1. The van der Waals surface area contributed by atoms with Crippen LogP contribution < -0.4 is 10.1 Å². The van der Waals surface area contributed by atoms with Gasteiger partial charge in [0.2, 0.25) is 0 Å². The van der Waals surface area contributed by atoms with Crippen LogP contribution in [0.5, 0.6) is 5.75 Å². The van der Waals surface area contributed by atoms with Crippen molar-refractivity contribution in [2.45, 2.75) is 96.4 Å². The van der Waals surface area contributed by atoms with Crippen LogP contribution in [-0.4, -0.2) is 19.7 Å². The van der Waals surface area contributed by atoms with E-state index in [1.165, 1.54) is 77.2 Å². The van der Waals surface area contributed by atoms with Crippen molar-refractivity contribution < 1.29 is 4.74 Å². The second-order valence-corrected chi connectivity index (χ2v) is 10.0. The predicted molar refractivity (Wildman–Crippen MR) is 118 cm³/mol. The molecule has 0 bridgehead atoms. The average Bonchev–Trinajstić information content (AvgIpc) is 3.06. The molecule has 156 valence electrons. The first-order valence-corrected chi connectivity index (χ1v) is 12.1. The Kier molecular flexibility index (Phi) is 6.35. The van der Waals surface area contributed by atoms with Crippen molar-refractivity contribution in [1.82, 2.24) is 5.32 Å². The van der Waals surface area contributed by atoms with Gasteiger partial charge < -0.3 is 10.1 Å². The molecular formula is C26H41NO. The van der Waals surface area contributed by atoms with Gasteiger partial charge >= 0.3 is 0 Å². The van der Waals surface area contributed by atoms with E-state index in [9.17, 15) is 0 Å². The zero-order valence-corrected chi connectivity index (χ0v) is 18.4. The minimum absolute atomic E-state index is 0.522. The third-order valence-corrected chi connectivity index (χ3v) is 8.60. The van der Waals surface area contributed by atoms with E-state index in [4.69, 9.17) is 4.74 Å². The molecule has 0 unspecified atom stereocenters. The molecule has 2 heteroatoms. The molecule has 0 amide bonds. The van der Waals surface area contributed by atoms with E-state index in [1.54, 1.807) is 18.2 Å². The number of unbranched alkanes of at least 4 members (excludes halogenated alkanes) is 4. The summed E-state index contributed by atoms with van der Waals surface area (Å²) in [7, 11) is 1.79. The van der Waals surface area contributed by atoms with E-state index in [-0.39, 0.29) is 0 Å². The van der Waals surface area contributed by atoms with Crippen molar-refractivity contribution >= 4 is 0 Å². The zero-order valence-electron chi connectivity index (χ0n) is 18.4. The molecule has 2 fully saturated rings. The molecule has 0 heterocycles. The summed E-state index contributed by atoms with van der Waals surface area (Å²) in [4.78, 5) is 0. The Hall–Kier alpha value is -1.02. The van der Waals surface area contributed by atoms with Gasteiger partial charge in [0.05, 0.1) is 7.11 Å². The molecule has 3 aliphatic carbocycles. The Morgan fingerprint density at radius 1 is 1.07 bits per heavy atom. The highest BCUT2D eigenvalue weighted by Crippen LogP contribution is 2.60. The Balaban J connectivity index is 1.39. The van der Waals surface area contributed by atoms with Crippen molar-refractivity contribution in [3.8, 4) is 5.75 Å². The quantitative estimate of drug-likeness (QED) is 0.519. The molecule has 28 heavy (non-hydrogen) atoms. The number of hydrogen-bond donors (Lipinski definition) is 1. The molecule has 2 nitrogen and oxygen atoms in total. The van der Waals surface area contributed by atoms with Gasteiger partial charge in [0.1, 0.15) is 5.75 Å². The molecule has 0 spiro atoms. The summed E-state index contributed by atoms with van der Waals surface area (Å²) in [6, 6.07) is 7.62. The molecule has 1 aromatic carbocycles. The molecule has 1 N–H and O–H groups in total. The van der Waals surface area contributed by atoms with Crippen molar-refractivity contribution in [3.63, 3.8) is 0 Å². The maximum atomic E-state index is 5.48. The average molecular weight is 384 g/mol. The number of aryl methyl sites for hydroxylation is 1. The molecule has 0 aromatic heterocycles. The highest BCUT2D eigenvalue weighted by molar-refractivity contribution is 5.40. The van der Waals surface area contributed by atoms with Crippen LogP contribution in [0.1, 0.15) is 95.1 Å². The van der Waals surface area contributed by atoms with Gasteiger partial charge in [0, 0.05) is 6.04 Å². The molecule has 3 aliphatic rings. The smallest absolute Gasteiger partial charge is 0.119 e. The molecule has 5 atom stereocenters. The highest BCUT2D eigenvalue weighted by atomic mass is 16.5. The Labute approximate surface area is 172 Å². The SMILES string of the molecule is CCCCCCCN[C@H]1CC[C@H]2[C@@H]3CCc4cc(OC)ccc4[C@H]3CC[C@]12C. The van der Waals surface area contributed by atoms with E-state index in [1.807, 2.05) is 0 Å². The first kappa shape index (κ1) is 20.3. The molecule has 0 radical (unpaired) electrons. The minimum Gasteiger partial charge on any atom is -0.497 e. The number of rotatable bonds is 8. The predicted octanol–water partition coefficient (Wildman–Crippen LogP) is 6.48. The third kappa shape index (κ3) is 3.74. The number of nitrogens with one attached hydrogen (secondary N) is 1. The van der Waals surface area contributed by atoms with Crippen LogP contribution in [0, 0.1) is 17.3 Å².